The molecule has 108 valence electrons. The zero-order chi connectivity index (χ0) is 14.8. The van der Waals surface area contributed by atoms with Gasteiger partial charge in [0.15, 0.2) is 0 Å². The average Bonchev–Trinajstić information content (AvgIpc) is 2.92. The third kappa shape index (κ3) is 2.94. The summed E-state index contributed by atoms with van der Waals surface area (Å²) in [6.45, 7) is 1.92. The Morgan fingerprint density at radius 3 is 2.75 bits per heavy atom. The lowest BCUT2D eigenvalue weighted by molar-refractivity contribution is 0.402. The number of nitrogen functional groups attached to an aromatic ring is 1. The molecule has 1 aromatic carbocycles. The molecule has 0 unspecified atom stereocenters. The number of nitrogens with two attached hydrogens (primary N) is 1. The third-order valence-corrected chi connectivity index (χ3v) is 4.31. The van der Waals surface area contributed by atoms with Crippen LogP contribution in [0.15, 0.2) is 40.0 Å². The van der Waals surface area contributed by atoms with E-state index < -0.39 is 10.0 Å². The van der Waals surface area contributed by atoms with Crippen LogP contribution in [0.25, 0.3) is 0 Å². The van der Waals surface area contributed by atoms with Crippen LogP contribution in [-0.2, 0) is 16.6 Å². The zero-order valence-electron chi connectivity index (χ0n) is 11.2. The monoisotopic (exact) mass is 296 g/mol. The standard InChI is InChI=1S/C13H16N2O4S/c1-9-5-12(18-2)13(6-11(9)14)20(16,17)15-7-10-3-4-19-8-10/h3-6,8,15H,7,14H2,1-2H3. The number of methoxy groups -OCH3 is 1. The average molecular weight is 296 g/mol. The van der Waals surface area contributed by atoms with Gasteiger partial charge in [-0.3, -0.25) is 0 Å². The number of anilines is 1. The maximum Gasteiger partial charge on any atom is 0.244 e. The largest absolute Gasteiger partial charge is 0.495 e. The van der Waals surface area contributed by atoms with E-state index in [0.29, 0.717) is 5.69 Å². The predicted molar refractivity (Wildman–Crippen MR) is 74.9 cm³/mol. The van der Waals surface area contributed by atoms with Crippen molar-refractivity contribution in [2.75, 3.05) is 12.8 Å². The zero-order valence-corrected chi connectivity index (χ0v) is 12.0. The van der Waals surface area contributed by atoms with Gasteiger partial charge in [0, 0.05) is 17.8 Å². The lowest BCUT2D eigenvalue weighted by Crippen LogP contribution is -2.23. The number of benzene rings is 1. The smallest absolute Gasteiger partial charge is 0.244 e. The number of nitrogens with one attached hydrogen (secondary N) is 1. The number of sulfonamides is 1. The van der Waals surface area contributed by atoms with E-state index in [4.69, 9.17) is 14.9 Å². The molecule has 0 saturated carbocycles. The lowest BCUT2D eigenvalue weighted by Gasteiger charge is -2.12. The van der Waals surface area contributed by atoms with E-state index in [9.17, 15) is 8.42 Å². The fraction of sp³-hybridized carbons (Fsp3) is 0.231. The highest BCUT2D eigenvalue weighted by molar-refractivity contribution is 7.89. The van der Waals surface area contributed by atoms with Gasteiger partial charge in [0.2, 0.25) is 10.0 Å². The molecule has 0 aliphatic rings. The van der Waals surface area contributed by atoms with Crippen molar-refractivity contribution in [1.82, 2.24) is 4.72 Å². The number of ether oxygens (including phenoxy) is 1. The van der Waals surface area contributed by atoms with E-state index in [1.807, 2.05) is 0 Å². The molecule has 1 heterocycles. The topological polar surface area (TPSA) is 94.6 Å². The summed E-state index contributed by atoms with van der Waals surface area (Å²) in [5.74, 6) is 0.261. The van der Waals surface area contributed by atoms with Gasteiger partial charge < -0.3 is 14.9 Å². The third-order valence-electron chi connectivity index (χ3n) is 2.89. The van der Waals surface area contributed by atoms with E-state index in [0.717, 1.165) is 11.1 Å². The Morgan fingerprint density at radius 1 is 1.40 bits per heavy atom. The molecule has 0 radical (unpaired) electrons. The summed E-state index contributed by atoms with van der Waals surface area (Å²) in [5, 5.41) is 0. The molecule has 0 bridgehead atoms. The van der Waals surface area contributed by atoms with E-state index in [1.54, 1.807) is 19.1 Å². The molecule has 6 nitrogen and oxygen atoms in total. The number of hydrogen-bond acceptors (Lipinski definition) is 5. The molecule has 0 spiro atoms. The van der Waals surface area contributed by atoms with Crippen molar-refractivity contribution in [1.29, 1.82) is 0 Å². The Bertz CT molecular complexity index is 693. The Hall–Kier alpha value is -1.99. The first kappa shape index (κ1) is 14.4. The molecule has 0 atom stereocenters. The highest BCUT2D eigenvalue weighted by Crippen LogP contribution is 2.28. The first-order valence-corrected chi connectivity index (χ1v) is 7.37. The summed E-state index contributed by atoms with van der Waals surface area (Å²) in [5.41, 5.74) is 7.66. The second kappa shape index (κ2) is 5.56. The highest BCUT2D eigenvalue weighted by Gasteiger charge is 2.20. The first-order chi connectivity index (χ1) is 9.44. The maximum atomic E-state index is 12.3. The maximum absolute atomic E-state index is 12.3. The predicted octanol–water partition coefficient (Wildman–Crippen LogP) is 1.66. The van der Waals surface area contributed by atoms with Gasteiger partial charge in [-0.25, -0.2) is 13.1 Å². The number of hydrogen-bond donors (Lipinski definition) is 2. The molecule has 0 amide bonds. The van der Waals surface area contributed by atoms with Gasteiger partial charge >= 0.3 is 0 Å². The molecule has 3 N–H and O–H groups in total. The van der Waals surface area contributed by atoms with Crippen LogP contribution in [0.2, 0.25) is 0 Å². The van der Waals surface area contributed by atoms with Crippen molar-refractivity contribution in [3.8, 4) is 5.75 Å². The van der Waals surface area contributed by atoms with E-state index in [-0.39, 0.29) is 17.2 Å². The van der Waals surface area contributed by atoms with Crippen molar-refractivity contribution in [3.63, 3.8) is 0 Å². The molecule has 0 fully saturated rings. The minimum atomic E-state index is -3.72. The van der Waals surface area contributed by atoms with Crippen LogP contribution in [0.3, 0.4) is 0 Å². The van der Waals surface area contributed by atoms with Crippen LogP contribution < -0.4 is 15.2 Å². The molecule has 1 aromatic heterocycles. The summed E-state index contributed by atoms with van der Waals surface area (Å²) in [7, 11) is -2.30. The molecular formula is C13H16N2O4S. The van der Waals surface area contributed by atoms with Gasteiger partial charge in [-0.2, -0.15) is 0 Å². The van der Waals surface area contributed by atoms with Crippen LogP contribution in [0.4, 0.5) is 5.69 Å². The Balaban J connectivity index is 2.31. The first-order valence-electron chi connectivity index (χ1n) is 5.89. The van der Waals surface area contributed by atoms with Crippen molar-refractivity contribution in [3.05, 3.63) is 41.9 Å². The Morgan fingerprint density at radius 2 is 2.15 bits per heavy atom. The van der Waals surface area contributed by atoms with Crippen LogP contribution in [0.1, 0.15) is 11.1 Å². The summed E-state index contributed by atoms with van der Waals surface area (Å²) in [4.78, 5) is 0.0200. The Kier molecular flexibility index (Phi) is 4.01. The quantitative estimate of drug-likeness (QED) is 0.818. The number of aryl methyl sites for hydroxylation is 1. The van der Waals surface area contributed by atoms with Crippen molar-refractivity contribution < 1.29 is 17.6 Å². The molecule has 2 aromatic rings. The van der Waals surface area contributed by atoms with Gasteiger partial charge in [0.1, 0.15) is 10.6 Å². The summed E-state index contributed by atoms with van der Waals surface area (Å²) < 4.78 is 37.1. The van der Waals surface area contributed by atoms with Gasteiger partial charge in [0.25, 0.3) is 0 Å². The van der Waals surface area contributed by atoms with Gasteiger partial charge in [0.05, 0.1) is 19.6 Å². The van der Waals surface area contributed by atoms with Crippen molar-refractivity contribution in [2.24, 2.45) is 0 Å². The number of rotatable bonds is 5. The van der Waals surface area contributed by atoms with Crippen molar-refractivity contribution in [2.45, 2.75) is 18.4 Å². The highest BCUT2D eigenvalue weighted by atomic mass is 32.2. The SMILES string of the molecule is COc1cc(C)c(N)cc1S(=O)(=O)NCc1ccoc1. The Labute approximate surface area is 117 Å². The normalized spacial score (nSPS) is 11.5. The summed E-state index contributed by atoms with van der Waals surface area (Å²) in [6, 6.07) is 4.68. The fourth-order valence-corrected chi connectivity index (χ4v) is 2.90. The second-order valence-electron chi connectivity index (χ2n) is 4.32. The molecule has 2 rings (SSSR count). The van der Waals surface area contributed by atoms with Crippen molar-refractivity contribution >= 4 is 15.7 Å². The van der Waals surface area contributed by atoms with Gasteiger partial charge in [-0.15, -0.1) is 0 Å². The van der Waals surface area contributed by atoms with Crippen LogP contribution >= 0.6 is 0 Å². The van der Waals surface area contributed by atoms with Crippen LogP contribution in [-0.4, -0.2) is 15.5 Å². The van der Waals surface area contributed by atoms with Gasteiger partial charge in [-0.1, -0.05) is 0 Å². The fourth-order valence-electron chi connectivity index (χ4n) is 1.70. The van der Waals surface area contributed by atoms with E-state index in [2.05, 4.69) is 4.72 Å². The molecule has 0 aliphatic heterocycles. The number of furan rings is 1. The molecule has 0 aliphatic carbocycles. The molecule has 0 saturated heterocycles. The van der Waals surface area contributed by atoms with E-state index >= 15 is 0 Å². The van der Waals surface area contributed by atoms with Crippen LogP contribution in [0, 0.1) is 6.92 Å². The molecule has 7 heteroatoms. The molecular weight excluding hydrogens is 280 g/mol. The summed E-state index contributed by atoms with van der Waals surface area (Å²) in [6.07, 6.45) is 2.96. The lowest BCUT2D eigenvalue weighted by atomic mass is 10.2. The minimum Gasteiger partial charge on any atom is -0.495 e. The molecule has 20 heavy (non-hydrogen) atoms. The van der Waals surface area contributed by atoms with E-state index in [1.165, 1.54) is 25.7 Å². The van der Waals surface area contributed by atoms with Crippen LogP contribution in [0.5, 0.6) is 5.75 Å². The summed E-state index contributed by atoms with van der Waals surface area (Å²) >= 11 is 0. The minimum absolute atomic E-state index is 0.0200. The second-order valence-corrected chi connectivity index (χ2v) is 6.05. The van der Waals surface area contributed by atoms with Gasteiger partial charge in [-0.05, 0) is 30.7 Å².